The van der Waals surface area contributed by atoms with E-state index in [4.69, 9.17) is 4.74 Å². The normalized spacial score (nSPS) is 15.1. The molecule has 0 aromatic heterocycles. The highest BCUT2D eigenvalue weighted by molar-refractivity contribution is 6.28. The van der Waals surface area contributed by atoms with Crippen molar-refractivity contribution in [1.82, 2.24) is 5.32 Å². The number of urea groups is 1. The number of rotatable bonds is 4. The lowest BCUT2D eigenvalue weighted by molar-refractivity contribution is -0.113. The van der Waals surface area contributed by atoms with Crippen LogP contribution in [0.5, 0.6) is 11.5 Å². The van der Waals surface area contributed by atoms with Gasteiger partial charge in [0.05, 0.1) is 5.69 Å². The summed E-state index contributed by atoms with van der Waals surface area (Å²) in [6.45, 7) is 0. The Morgan fingerprint density at radius 1 is 0.778 bits per heavy atom. The largest absolute Gasteiger partial charge is 0.457 e. The summed E-state index contributed by atoms with van der Waals surface area (Å²) >= 11 is 0. The zero-order chi connectivity index (χ0) is 18.6. The van der Waals surface area contributed by atoms with E-state index in [1.54, 1.807) is 30.3 Å². The van der Waals surface area contributed by atoms with Crippen molar-refractivity contribution in [2.45, 2.75) is 0 Å². The lowest BCUT2D eigenvalue weighted by atomic mass is 10.1. The fourth-order valence-corrected chi connectivity index (χ4v) is 2.81. The van der Waals surface area contributed by atoms with E-state index in [1.807, 2.05) is 60.7 Å². The molecule has 3 amide bonds. The van der Waals surface area contributed by atoms with E-state index in [9.17, 15) is 9.59 Å². The number of carbonyl (C=O) groups excluding carboxylic acids is 2. The number of hydrogen-bond donors (Lipinski definition) is 1. The molecule has 3 aromatic rings. The Balaban J connectivity index is 1.58. The van der Waals surface area contributed by atoms with E-state index in [0.717, 1.165) is 16.2 Å². The Morgan fingerprint density at radius 3 is 2.19 bits per heavy atom. The molecule has 1 saturated heterocycles. The summed E-state index contributed by atoms with van der Waals surface area (Å²) in [6, 6.07) is 25.1. The molecule has 1 aliphatic rings. The van der Waals surface area contributed by atoms with Gasteiger partial charge in [0.1, 0.15) is 17.2 Å². The first kappa shape index (κ1) is 16.6. The first-order valence-corrected chi connectivity index (χ1v) is 8.46. The molecule has 27 heavy (non-hydrogen) atoms. The second kappa shape index (κ2) is 7.17. The van der Waals surface area contributed by atoms with Gasteiger partial charge in [-0.25, -0.2) is 9.69 Å². The van der Waals surface area contributed by atoms with Crippen LogP contribution in [0.2, 0.25) is 0 Å². The van der Waals surface area contributed by atoms with Crippen LogP contribution >= 0.6 is 0 Å². The fourth-order valence-electron chi connectivity index (χ4n) is 2.81. The molecule has 0 aliphatic carbocycles. The molecular formula is C22H16N2O3. The summed E-state index contributed by atoms with van der Waals surface area (Å²) in [7, 11) is 0. The topological polar surface area (TPSA) is 58.6 Å². The van der Waals surface area contributed by atoms with Crippen LogP contribution in [-0.2, 0) is 4.79 Å². The van der Waals surface area contributed by atoms with Crippen LogP contribution in [0.25, 0.3) is 6.08 Å². The van der Waals surface area contributed by atoms with Gasteiger partial charge in [-0.1, -0.05) is 48.5 Å². The molecule has 3 aromatic carbocycles. The van der Waals surface area contributed by atoms with Crippen LogP contribution in [0.3, 0.4) is 0 Å². The van der Waals surface area contributed by atoms with E-state index < -0.39 is 6.03 Å². The standard InChI is InChI=1S/C22H16N2O3/c25-21-20(23-22(26)24(21)17-9-3-1-4-10-17)15-16-8-7-13-19(14-16)27-18-11-5-2-6-12-18/h1-15H,(H,23,26). The second-order valence-corrected chi connectivity index (χ2v) is 5.95. The third-order valence-corrected chi connectivity index (χ3v) is 4.04. The average Bonchev–Trinajstić information content (AvgIpc) is 2.97. The molecule has 0 unspecified atom stereocenters. The third-order valence-electron chi connectivity index (χ3n) is 4.04. The van der Waals surface area contributed by atoms with Crippen LogP contribution < -0.4 is 15.0 Å². The van der Waals surface area contributed by atoms with Gasteiger partial charge in [0, 0.05) is 0 Å². The van der Waals surface area contributed by atoms with Gasteiger partial charge in [-0.3, -0.25) is 4.79 Å². The fraction of sp³-hybridized carbons (Fsp3) is 0. The molecule has 4 rings (SSSR count). The minimum atomic E-state index is -0.464. The molecule has 132 valence electrons. The maximum absolute atomic E-state index is 12.6. The number of amides is 3. The molecule has 0 spiro atoms. The lowest BCUT2D eigenvalue weighted by Gasteiger charge is -2.10. The molecule has 0 bridgehead atoms. The summed E-state index contributed by atoms with van der Waals surface area (Å²) in [4.78, 5) is 26.0. The zero-order valence-corrected chi connectivity index (χ0v) is 14.3. The summed E-state index contributed by atoms with van der Waals surface area (Å²) < 4.78 is 5.81. The van der Waals surface area contributed by atoms with Gasteiger partial charge in [-0.05, 0) is 48.0 Å². The van der Waals surface area contributed by atoms with Gasteiger partial charge in [0.15, 0.2) is 0 Å². The van der Waals surface area contributed by atoms with Crippen molar-refractivity contribution in [2.75, 3.05) is 4.90 Å². The average molecular weight is 356 g/mol. The molecule has 0 saturated carbocycles. The zero-order valence-electron chi connectivity index (χ0n) is 14.3. The lowest BCUT2D eigenvalue weighted by Crippen LogP contribution is -2.30. The quantitative estimate of drug-likeness (QED) is 0.550. The van der Waals surface area contributed by atoms with E-state index >= 15 is 0 Å². The van der Waals surface area contributed by atoms with Gasteiger partial charge >= 0.3 is 6.03 Å². The number of nitrogens with one attached hydrogen (secondary N) is 1. The van der Waals surface area contributed by atoms with E-state index in [1.165, 1.54) is 0 Å². The molecule has 0 radical (unpaired) electrons. The van der Waals surface area contributed by atoms with E-state index in [-0.39, 0.29) is 11.6 Å². The summed E-state index contributed by atoms with van der Waals surface area (Å²) in [5, 5.41) is 2.63. The number of nitrogens with zero attached hydrogens (tertiary/aromatic N) is 1. The maximum Gasteiger partial charge on any atom is 0.333 e. The van der Waals surface area contributed by atoms with Crippen molar-refractivity contribution in [3.05, 3.63) is 96.2 Å². The van der Waals surface area contributed by atoms with Gasteiger partial charge in [-0.15, -0.1) is 0 Å². The molecule has 1 heterocycles. The van der Waals surface area contributed by atoms with Crippen LogP contribution in [0, 0.1) is 0 Å². The number of benzene rings is 3. The molecule has 1 fully saturated rings. The monoisotopic (exact) mass is 356 g/mol. The van der Waals surface area contributed by atoms with Crippen LogP contribution in [0.4, 0.5) is 10.5 Å². The van der Waals surface area contributed by atoms with Gasteiger partial charge in [-0.2, -0.15) is 0 Å². The van der Waals surface area contributed by atoms with Crippen molar-refractivity contribution in [3.63, 3.8) is 0 Å². The first-order valence-electron chi connectivity index (χ1n) is 8.46. The van der Waals surface area contributed by atoms with Crippen LogP contribution in [-0.4, -0.2) is 11.9 Å². The molecule has 5 heteroatoms. The summed E-state index contributed by atoms with van der Waals surface area (Å²) in [5.74, 6) is 0.982. The van der Waals surface area contributed by atoms with Crippen molar-refractivity contribution < 1.29 is 14.3 Å². The number of para-hydroxylation sites is 2. The van der Waals surface area contributed by atoms with Crippen molar-refractivity contribution in [3.8, 4) is 11.5 Å². The molecule has 1 N–H and O–H groups in total. The Morgan fingerprint density at radius 2 is 1.44 bits per heavy atom. The maximum atomic E-state index is 12.6. The van der Waals surface area contributed by atoms with Crippen molar-refractivity contribution >= 4 is 23.7 Å². The van der Waals surface area contributed by atoms with Gasteiger partial charge in [0.2, 0.25) is 0 Å². The SMILES string of the molecule is O=C1NC(=Cc2cccc(Oc3ccccc3)c2)C(=O)N1c1ccccc1. The Labute approximate surface area is 156 Å². The number of carbonyl (C=O) groups is 2. The minimum Gasteiger partial charge on any atom is -0.457 e. The molecule has 1 aliphatic heterocycles. The summed E-state index contributed by atoms with van der Waals surface area (Å²) in [6.07, 6.45) is 1.64. The number of ether oxygens (including phenoxy) is 1. The summed E-state index contributed by atoms with van der Waals surface area (Å²) in [5.41, 5.74) is 1.51. The molecule has 5 nitrogen and oxygen atoms in total. The third kappa shape index (κ3) is 3.57. The first-order chi connectivity index (χ1) is 13.2. The second-order valence-electron chi connectivity index (χ2n) is 5.95. The highest BCUT2D eigenvalue weighted by Crippen LogP contribution is 2.25. The molecule has 0 atom stereocenters. The Hall–Kier alpha value is -3.86. The predicted octanol–water partition coefficient (Wildman–Crippen LogP) is 4.58. The van der Waals surface area contributed by atoms with E-state index in [0.29, 0.717) is 11.4 Å². The highest BCUT2D eigenvalue weighted by Gasteiger charge is 2.34. The Kier molecular flexibility index (Phi) is 4.41. The Bertz CT molecular complexity index is 1010. The number of anilines is 1. The minimum absolute atomic E-state index is 0.223. The van der Waals surface area contributed by atoms with Crippen molar-refractivity contribution in [1.29, 1.82) is 0 Å². The van der Waals surface area contributed by atoms with Crippen LogP contribution in [0.1, 0.15) is 5.56 Å². The predicted molar refractivity (Wildman–Crippen MR) is 103 cm³/mol. The smallest absolute Gasteiger partial charge is 0.333 e. The highest BCUT2D eigenvalue weighted by atomic mass is 16.5. The number of hydrogen-bond acceptors (Lipinski definition) is 3. The molecular weight excluding hydrogens is 340 g/mol. The van der Waals surface area contributed by atoms with Crippen LogP contribution in [0.15, 0.2) is 90.6 Å². The van der Waals surface area contributed by atoms with E-state index in [2.05, 4.69) is 5.32 Å². The number of imide groups is 1. The van der Waals surface area contributed by atoms with Gasteiger partial charge in [0.25, 0.3) is 5.91 Å². The van der Waals surface area contributed by atoms with Crippen molar-refractivity contribution in [2.24, 2.45) is 0 Å². The van der Waals surface area contributed by atoms with Gasteiger partial charge < -0.3 is 10.1 Å².